The molecule has 0 bridgehead atoms. The van der Waals surface area contributed by atoms with Crippen LogP contribution in [0.1, 0.15) is 21.2 Å². The highest BCUT2D eigenvalue weighted by atomic mass is 32.2. The Morgan fingerprint density at radius 1 is 1.47 bits per heavy atom. The van der Waals surface area contributed by atoms with Crippen molar-refractivity contribution in [2.75, 3.05) is 6.61 Å². The molecule has 2 rings (SSSR count). The Morgan fingerprint density at radius 3 is 2.80 bits per heavy atom. The van der Waals surface area contributed by atoms with Crippen LogP contribution in [0, 0.1) is 0 Å². The third-order valence-corrected chi connectivity index (χ3v) is 3.39. The summed E-state index contributed by atoms with van der Waals surface area (Å²) in [5.74, 6) is 0.335. The van der Waals surface area contributed by atoms with Gasteiger partial charge in [0.25, 0.3) is 10.1 Å². The van der Waals surface area contributed by atoms with Crippen molar-refractivity contribution in [3.8, 4) is 5.75 Å². The second kappa shape index (κ2) is 3.32. The molecular weight excluding hydrogens is 220 g/mol. The fraction of sp³-hybridized carbons (Fsp3) is 0.222. The second-order valence-electron chi connectivity index (χ2n) is 3.19. The maximum absolute atomic E-state index is 11.0. The minimum Gasteiger partial charge on any atom is -0.491 e. The summed E-state index contributed by atoms with van der Waals surface area (Å²) in [7, 11) is -4.23. The van der Waals surface area contributed by atoms with Gasteiger partial charge in [0.15, 0.2) is 6.29 Å². The largest absolute Gasteiger partial charge is 0.491 e. The molecule has 1 aliphatic rings. The molecule has 5 nitrogen and oxygen atoms in total. The standard InChI is InChI=1S/C9H8O5S/c10-4-6-2-1-3-7-9(6)8(5-14-7)15(11,12)13/h1-4,8H,5H2,(H,11,12,13). The van der Waals surface area contributed by atoms with Crippen molar-refractivity contribution in [3.05, 3.63) is 29.3 Å². The molecule has 80 valence electrons. The smallest absolute Gasteiger partial charge is 0.275 e. The summed E-state index contributed by atoms with van der Waals surface area (Å²) in [6, 6.07) is 4.64. The molecule has 1 heterocycles. The molecule has 0 amide bonds. The molecule has 0 saturated carbocycles. The molecule has 0 spiro atoms. The van der Waals surface area contributed by atoms with Gasteiger partial charge in [-0.1, -0.05) is 12.1 Å². The summed E-state index contributed by atoms with van der Waals surface area (Å²) < 4.78 is 36.1. The van der Waals surface area contributed by atoms with E-state index in [1.807, 2.05) is 0 Å². The molecule has 1 aromatic carbocycles. The van der Waals surface area contributed by atoms with E-state index in [1.54, 1.807) is 12.1 Å². The highest BCUT2D eigenvalue weighted by Crippen LogP contribution is 2.38. The summed E-state index contributed by atoms with van der Waals surface area (Å²) in [5.41, 5.74) is 0.475. The highest BCUT2D eigenvalue weighted by molar-refractivity contribution is 7.86. The Balaban J connectivity index is 2.63. The normalized spacial score (nSPS) is 19.4. The molecule has 1 aromatic rings. The molecule has 1 unspecified atom stereocenters. The van der Waals surface area contributed by atoms with Crippen molar-refractivity contribution < 1.29 is 22.5 Å². The summed E-state index contributed by atoms with van der Waals surface area (Å²) in [5, 5.41) is -1.16. The van der Waals surface area contributed by atoms with Crippen LogP contribution in [-0.2, 0) is 10.1 Å². The minimum atomic E-state index is -4.23. The van der Waals surface area contributed by atoms with Crippen molar-refractivity contribution in [1.29, 1.82) is 0 Å². The van der Waals surface area contributed by atoms with Crippen LogP contribution in [0.15, 0.2) is 18.2 Å². The fourth-order valence-electron chi connectivity index (χ4n) is 1.62. The van der Waals surface area contributed by atoms with E-state index >= 15 is 0 Å². The van der Waals surface area contributed by atoms with E-state index < -0.39 is 15.4 Å². The van der Waals surface area contributed by atoms with Gasteiger partial charge in [0.05, 0.1) is 0 Å². The van der Waals surface area contributed by atoms with E-state index in [1.165, 1.54) is 6.07 Å². The maximum Gasteiger partial charge on any atom is 0.275 e. The first-order chi connectivity index (χ1) is 7.04. The first-order valence-corrected chi connectivity index (χ1v) is 5.71. The average molecular weight is 228 g/mol. The van der Waals surface area contributed by atoms with E-state index in [2.05, 4.69) is 0 Å². The van der Waals surface area contributed by atoms with Crippen molar-refractivity contribution in [1.82, 2.24) is 0 Å². The molecule has 1 aliphatic heterocycles. The third kappa shape index (κ3) is 1.62. The highest BCUT2D eigenvalue weighted by Gasteiger charge is 2.35. The van der Waals surface area contributed by atoms with Crippen molar-refractivity contribution >= 4 is 16.4 Å². The lowest BCUT2D eigenvalue weighted by Crippen LogP contribution is -2.14. The topological polar surface area (TPSA) is 80.7 Å². The Kier molecular flexibility index (Phi) is 2.24. The molecule has 6 heteroatoms. The number of ether oxygens (including phenoxy) is 1. The van der Waals surface area contributed by atoms with Crippen LogP contribution in [0.5, 0.6) is 5.75 Å². The number of benzene rings is 1. The lowest BCUT2D eigenvalue weighted by Gasteiger charge is -2.06. The second-order valence-corrected chi connectivity index (χ2v) is 4.79. The average Bonchev–Trinajstić information content (AvgIpc) is 2.59. The number of carbonyl (C=O) groups is 1. The number of aldehydes is 1. The predicted molar refractivity (Wildman–Crippen MR) is 51.6 cm³/mol. The number of rotatable bonds is 2. The molecule has 1 atom stereocenters. The van der Waals surface area contributed by atoms with Crippen LogP contribution in [0.25, 0.3) is 0 Å². The summed E-state index contributed by atoms with van der Waals surface area (Å²) in [6.07, 6.45) is 0.547. The van der Waals surface area contributed by atoms with E-state index in [-0.39, 0.29) is 17.7 Å². The number of fused-ring (bicyclic) bond motifs is 1. The van der Waals surface area contributed by atoms with Crippen molar-refractivity contribution in [2.24, 2.45) is 0 Å². The maximum atomic E-state index is 11.0. The molecule has 0 aromatic heterocycles. The van der Waals surface area contributed by atoms with Crippen molar-refractivity contribution in [3.63, 3.8) is 0 Å². The fourth-order valence-corrected chi connectivity index (χ4v) is 2.41. The lowest BCUT2D eigenvalue weighted by molar-refractivity contribution is 0.112. The van der Waals surface area contributed by atoms with E-state index in [0.717, 1.165) is 0 Å². The van der Waals surface area contributed by atoms with Crippen LogP contribution >= 0.6 is 0 Å². The summed E-state index contributed by atoms with van der Waals surface area (Å²) in [6.45, 7) is -0.154. The number of hydrogen-bond donors (Lipinski definition) is 1. The SMILES string of the molecule is O=Cc1cccc2c1C(S(=O)(=O)O)CO2. The zero-order valence-corrected chi connectivity index (χ0v) is 8.40. The van der Waals surface area contributed by atoms with Crippen molar-refractivity contribution in [2.45, 2.75) is 5.25 Å². The van der Waals surface area contributed by atoms with Crippen LogP contribution in [0.2, 0.25) is 0 Å². The molecule has 0 saturated heterocycles. The van der Waals surface area contributed by atoms with Crippen LogP contribution in [0.3, 0.4) is 0 Å². The van der Waals surface area contributed by atoms with Gasteiger partial charge in [-0.2, -0.15) is 8.42 Å². The Hall–Kier alpha value is -1.40. The van der Waals surface area contributed by atoms with Gasteiger partial charge in [-0.15, -0.1) is 0 Å². The molecule has 0 fully saturated rings. The first-order valence-electron chi connectivity index (χ1n) is 4.21. The van der Waals surface area contributed by atoms with Crippen LogP contribution in [0.4, 0.5) is 0 Å². The predicted octanol–water partition coefficient (Wildman–Crippen LogP) is 0.820. The number of hydrogen-bond acceptors (Lipinski definition) is 4. The Morgan fingerprint density at radius 2 is 2.20 bits per heavy atom. The van der Waals surface area contributed by atoms with Gasteiger partial charge in [-0.05, 0) is 6.07 Å². The summed E-state index contributed by atoms with van der Waals surface area (Å²) in [4.78, 5) is 10.7. The molecule has 15 heavy (non-hydrogen) atoms. The Labute approximate surface area is 86.4 Å². The first kappa shape index (κ1) is 10.1. The summed E-state index contributed by atoms with van der Waals surface area (Å²) >= 11 is 0. The molecule has 1 N–H and O–H groups in total. The van der Waals surface area contributed by atoms with Gasteiger partial charge in [-0.3, -0.25) is 9.35 Å². The molecule has 0 aliphatic carbocycles. The zero-order valence-electron chi connectivity index (χ0n) is 7.58. The molecular formula is C9H8O5S. The number of carbonyl (C=O) groups excluding carboxylic acids is 1. The van der Waals surface area contributed by atoms with E-state index in [4.69, 9.17) is 9.29 Å². The lowest BCUT2D eigenvalue weighted by atomic mass is 10.1. The van der Waals surface area contributed by atoms with Gasteiger partial charge in [-0.25, -0.2) is 0 Å². The Bertz CT molecular complexity index is 505. The monoisotopic (exact) mass is 228 g/mol. The van der Waals surface area contributed by atoms with Gasteiger partial charge in [0.1, 0.15) is 17.6 Å². The van der Waals surface area contributed by atoms with Gasteiger partial charge >= 0.3 is 0 Å². The van der Waals surface area contributed by atoms with Crippen LogP contribution in [-0.4, -0.2) is 25.9 Å². The van der Waals surface area contributed by atoms with E-state index in [0.29, 0.717) is 12.0 Å². The van der Waals surface area contributed by atoms with Crippen LogP contribution < -0.4 is 4.74 Å². The van der Waals surface area contributed by atoms with Gasteiger partial charge < -0.3 is 4.74 Å². The minimum absolute atomic E-state index is 0.154. The zero-order chi connectivity index (χ0) is 11.1. The van der Waals surface area contributed by atoms with Gasteiger partial charge in [0.2, 0.25) is 0 Å². The quantitative estimate of drug-likeness (QED) is 0.598. The molecule has 0 radical (unpaired) electrons. The van der Waals surface area contributed by atoms with E-state index in [9.17, 15) is 13.2 Å². The third-order valence-electron chi connectivity index (χ3n) is 2.30. The van der Waals surface area contributed by atoms with Gasteiger partial charge in [0, 0.05) is 11.1 Å².